The molecule has 0 aliphatic carbocycles. The maximum Gasteiger partial charge on any atom is 0.160 e. The summed E-state index contributed by atoms with van der Waals surface area (Å²) in [6, 6.07) is 13.8. The largest absolute Gasteiger partial charge is 0.504 e. The number of hydrogen-bond acceptors (Lipinski definition) is 5. The van der Waals surface area contributed by atoms with Gasteiger partial charge in [-0.15, -0.1) is 0 Å². The molecule has 2 aliphatic rings. The maximum absolute atomic E-state index is 10.1. The number of hydrogen-bond donors (Lipinski definition) is 2. The Morgan fingerprint density at radius 3 is 2.96 bits per heavy atom. The van der Waals surface area contributed by atoms with E-state index in [0.29, 0.717) is 5.75 Å². The van der Waals surface area contributed by atoms with E-state index in [0.717, 1.165) is 42.2 Å². The molecule has 0 saturated heterocycles. The number of methoxy groups -OCH3 is 1. The van der Waals surface area contributed by atoms with Crippen LogP contribution in [-0.2, 0) is 0 Å². The summed E-state index contributed by atoms with van der Waals surface area (Å²) >= 11 is 0. The van der Waals surface area contributed by atoms with Crippen LogP contribution in [0, 0.1) is 0 Å². The van der Waals surface area contributed by atoms with Gasteiger partial charge in [-0.1, -0.05) is 18.2 Å². The van der Waals surface area contributed by atoms with Gasteiger partial charge in [0.15, 0.2) is 11.5 Å². The SMILES string of the molecule is COc1ccc([C@@H]2Nc3ccccc3C3=NCCCN32)cc1O. The van der Waals surface area contributed by atoms with E-state index in [2.05, 4.69) is 22.3 Å². The highest BCUT2D eigenvalue weighted by Gasteiger charge is 2.32. The lowest BCUT2D eigenvalue weighted by atomic mass is 10.0. The van der Waals surface area contributed by atoms with Crippen molar-refractivity contribution in [3.8, 4) is 11.5 Å². The average molecular weight is 309 g/mol. The van der Waals surface area contributed by atoms with Crippen LogP contribution in [0.3, 0.4) is 0 Å². The number of para-hydroxylation sites is 1. The van der Waals surface area contributed by atoms with Gasteiger partial charge in [-0.05, 0) is 36.2 Å². The highest BCUT2D eigenvalue weighted by Crippen LogP contribution is 2.37. The van der Waals surface area contributed by atoms with Crippen molar-refractivity contribution in [2.75, 3.05) is 25.5 Å². The van der Waals surface area contributed by atoms with E-state index < -0.39 is 0 Å². The number of aromatic hydroxyl groups is 1. The number of benzene rings is 2. The second-order valence-corrected chi connectivity index (χ2v) is 5.78. The van der Waals surface area contributed by atoms with Gasteiger partial charge in [0.1, 0.15) is 12.0 Å². The Bertz CT molecular complexity index is 773. The third kappa shape index (κ3) is 2.29. The Morgan fingerprint density at radius 1 is 1.26 bits per heavy atom. The van der Waals surface area contributed by atoms with Gasteiger partial charge in [-0.25, -0.2) is 0 Å². The molecule has 0 amide bonds. The fourth-order valence-corrected chi connectivity index (χ4v) is 3.28. The summed E-state index contributed by atoms with van der Waals surface area (Å²) in [5, 5.41) is 13.7. The predicted octanol–water partition coefficient (Wildman–Crippen LogP) is 2.98. The van der Waals surface area contributed by atoms with Gasteiger partial charge >= 0.3 is 0 Å². The summed E-state index contributed by atoms with van der Waals surface area (Å²) in [6.45, 7) is 1.80. The van der Waals surface area contributed by atoms with Crippen molar-refractivity contribution >= 4 is 11.5 Å². The number of nitrogens with one attached hydrogen (secondary N) is 1. The van der Waals surface area contributed by atoms with E-state index in [9.17, 15) is 5.11 Å². The zero-order chi connectivity index (χ0) is 15.8. The topological polar surface area (TPSA) is 57.1 Å². The van der Waals surface area contributed by atoms with Crippen LogP contribution in [0.1, 0.15) is 23.7 Å². The number of ether oxygens (including phenoxy) is 1. The molecule has 5 nitrogen and oxygen atoms in total. The van der Waals surface area contributed by atoms with Gasteiger partial charge in [0, 0.05) is 24.3 Å². The number of fused-ring (bicyclic) bond motifs is 3. The average Bonchev–Trinajstić information content (AvgIpc) is 2.61. The van der Waals surface area contributed by atoms with Crippen molar-refractivity contribution < 1.29 is 9.84 Å². The molecule has 118 valence electrons. The Labute approximate surface area is 135 Å². The van der Waals surface area contributed by atoms with E-state index in [1.807, 2.05) is 18.2 Å². The minimum atomic E-state index is -0.0410. The number of phenols is 1. The number of anilines is 1. The molecular formula is C18H19N3O2. The lowest BCUT2D eigenvalue weighted by molar-refractivity contribution is 0.320. The minimum Gasteiger partial charge on any atom is -0.504 e. The zero-order valence-electron chi connectivity index (χ0n) is 13.0. The maximum atomic E-state index is 10.1. The molecular weight excluding hydrogens is 290 g/mol. The number of rotatable bonds is 2. The second kappa shape index (κ2) is 5.50. The number of amidine groups is 1. The van der Waals surface area contributed by atoms with Crippen molar-refractivity contribution in [2.24, 2.45) is 4.99 Å². The fourth-order valence-electron chi connectivity index (χ4n) is 3.28. The summed E-state index contributed by atoms with van der Waals surface area (Å²) in [5.41, 5.74) is 3.21. The number of phenolic OH excluding ortho intramolecular Hbond substituents is 1. The highest BCUT2D eigenvalue weighted by atomic mass is 16.5. The van der Waals surface area contributed by atoms with E-state index in [1.165, 1.54) is 0 Å². The highest BCUT2D eigenvalue weighted by molar-refractivity contribution is 6.05. The number of nitrogens with zero attached hydrogens (tertiary/aromatic N) is 2. The molecule has 2 N–H and O–H groups in total. The monoisotopic (exact) mass is 309 g/mol. The van der Waals surface area contributed by atoms with Crippen LogP contribution in [0.15, 0.2) is 47.5 Å². The van der Waals surface area contributed by atoms with Crippen molar-refractivity contribution in [1.29, 1.82) is 0 Å². The molecule has 0 aromatic heterocycles. The first-order chi connectivity index (χ1) is 11.3. The van der Waals surface area contributed by atoms with Crippen LogP contribution in [0.25, 0.3) is 0 Å². The smallest absolute Gasteiger partial charge is 0.160 e. The van der Waals surface area contributed by atoms with Crippen molar-refractivity contribution in [1.82, 2.24) is 4.90 Å². The Kier molecular flexibility index (Phi) is 3.33. The van der Waals surface area contributed by atoms with Crippen LogP contribution >= 0.6 is 0 Å². The summed E-state index contributed by atoms with van der Waals surface area (Å²) in [7, 11) is 1.55. The molecule has 0 bridgehead atoms. The first-order valence-electron chi connectivity index (χ1n) is 7.82. The van der Waals surface area contributed by atoms with E-state index >= 15 is 0 Å². The molecule has 2 aromatic carbocycles. The lowest BCUT2D eigenvalue weighted by Gasteiger charge is -2.42. The summed E-state index contributed by atoms with van der Waals surface area (Å²) in [5.74, 6) is 1.67. The molecule has 2 aromatic rings. The third-order valence-corrected chi connectivity index (χ3v) is 4.38. The predicted molar refractivity (Wildman–Crippen MR) is 90.2 cm³/mol. The molecule has 2 aliphatic heterocycles. The molecule has 0 fully saturated rings. The molecule has 0 spiro atoms. The van der Waals surface area contributed by atoms with Crippen molar-refractivity contribution in [3.05, 3.63) is 53.6 Å². The van der Waals surface area contributed by atoms with Gasteiger partial charge in [0.2, 0.25) is 0 Å². The molecule has 0 saturated carbocycles. The third-order valence-electron chi connectivity index (χ3n) is 4.38. The van der Waals surface area contributed by atoms with Gasteiger partial charge in [0.25, 0.3) is 0 Å². The van der Waals surface area contributed by atoms with Gasteiger partial charge in [-0.2, -0.15) is 0 Å². The van der Waals surface area contributed by atoms with Crippen LogP contribution in [-0.4, -0.2) is 36.0 Å². The molecule has 0 radical (unpaired) electrons. The van der Waals surface area contributed by atoms with Crippen molar-refractivity contribution in [2.45, 2.75) is 12.6 Å². The Balaban J connectivity index is 1.79. The quantitative estimate of drug-likeness (QED) is 0.895. The van der Waals surface area contributed by atoms with E-state index in [-0.39, 0.29) is 11.9 Å². The second-order valence-electron chi connectivity index (χ2n) is 5.78. The first-order valence-corrected chi connectivity index (χ1v) is 7.82. The van der Waals surface area contributed by atoms with Crippen LogP contribution in [0.4, 0.5) is 5.69 Å². The summed E-state index contributed by atoms with van der Waals surface area (Å²) in [4.78, 5) is 7.01. The molecule has 23 heavy (non-hydrogen) atoms. The Hall–Kier alpha value is -2.69. The summed E-state index contributed by atoms with van der Waals surface area (Å²) in [6.07, 6.45) is 0.993. The standard InChI is InChI=1S/C18H19N3O2/c1-23-16-8-7-12(11-15(16)22)17-20-14-6-3-2-5-13(14)18-19-9-4-10-21(17)18/h2-3,5-8,11,17,20,22H,4,9-10H2,1H3/t17-/m1/s1. The summed E-state index contributed by atoms with van der Waals surface area (Å²) < 4.78 is 5.14. The normalized spacial score (nSPS) is 19.3. The van der Waals surface area contributed by atoms with Gasteiger partial charge < -0.3 is 20.1 Å². The van der Waals surface area contributed by atoms with Crippen molar-refractivity contribution in [3.63, 3.8) is 0 Å². The van der Waals surface area contributed by atoms with Gasteiger partial charge in [-0.3, -0.25) is 4.99 Å². The van der Waals surface area contributed by atoms with Crippen LogP contribution in [0.2, 0.25) is 0 Å². The van der Waals surface area contributed by atoms with Crippen LogP contribution < -0.4 is 10.1 Å². The van der Waals surface area contributed by atoms with Gasteiger partial charge in [0.05, 0.1) is 7.11 Å². The minimum absolute atomic E-state index is 0.0410. The molecule has 1 atom stereocenters. The number of aliphatic imine (C=N–C) groups is 1. The van der Waals surface area contributed by atoms with Crippen LogP contribution in [0.5, 0.6) is 11.5 Å². The molecule has 5 heteroatoms. The fraction of sp³-hybridized carbons (Fsp3) is 0.278. The zero-order valence-corrected chi connectivity index (χ0v) is 13.0. The van der Waals surface area contributed by atoms with E-state index in [1.54, 1.807) is 19.2 Å². The van der Waals surface area contributed by atoms with E-state index in [4.69, 9.17) is 9.73 Å². The molecule has 2 heterocycles. The molecule has 4 rings (SSSR count). The first kappa shape index (κ1) is 13.9. The lowest BCUT2D eigenvalue weighted by Crippen LogP contribution is -2.45. The molecule has 0 unspecified atom stereocenters. The Morgan fingerprint density at radius 2 is 2.13 bits per heavy atom.